The monoisotopic (exact) mass is 379 g/mol. The van der Waals surface area contributed by atoms with Gasteiger partial charge in [-0.3, -0.25) is 4.79 Å². The van der Waals surface area contributed by atoms with Crippen molar-refractivity contribution in [2.45, 2.75) is 52.0 Å². The molecule has 0 spiro atoms. The van der Waals surface area contributed by atoms with Crippen LogP contribution in [0.5, 0.6) is 11.5 Å². The van der Waals surface area contributed by atoms with Gasteiger partial charge in [0.05, 0.1) is 19.3 Å². The van der Waals surface area contributed by atoms with E-state index >= 15 is 0 Å². The molecule has 0 radical (unpaired) electrons. The van der Waals surface area contributed by atoms with Gasteiger partial charge < -0.3 is 14.4 Å². The summed E-state index contributed by atoms with van der Waals surface area (Å²) in [4.78, 5) is 15.2. The minimum absolute atomic E-state index is 0.00990. The molecule has 2 aliphatic rings. The number of ether oxygens (including phenoxy) is 2. The van der Waals surface area contributed by atoms with Crippen molar-refractivity contribution in [3.05, 3.63) is 58.7 Å². The summed E-state index contributed by atoms with van der Waals surface area (Å²) in [5.74, 6) is 1.72. The largest absolute Gasteiger partial charge is 0.490 e. The Balaban J connectivity index is 1.59. The highest BCUT2D eigenvalue weighted by molar-refractivity contribution is 5.94. The molecule has 2 aliphatic heterocycles. The molecule has 0 unspecified atom stereocenters. The first-order chi connectivity index (χ1) is 13.3. The number of carbonyl (C=O) groups excluding carboxylic acids is 1. The van der Waals surface area contributed by atoms with Crippen LogP contribution in [0, 0.1) is 0 Å². The van der Waals surface area contributed by atoms with E-state index in [1.807, 2.05) is 17.0 Å². The number of benzene rings is 2. The van der Waals surface area contributed by atoms with Crippen molar-refractivity contribution in [3.8, 4) is 11.5 Å². The maximum atomic E-state index is 13.2. The topological polar surface area (TPSA) is 38.8 Å². The molecule has 0 saturated carbocycles. The number of hydrogen-bond acceptors (Lipinski definition) is 3. The van der Waals surface area contributed by atoms with Crippen LogP contribution < -0.4 is 9.47 Å². The smallest absolute Gasteiger partial charge is 0.254 e. The molecule has 2 heterocycles. The zero-order chi connectivity index (χ0) is 19.9. The quantitative estimate of drug-likeness (QED) is 0.707. The third-order valence-electron chi connectivity index (χ3n) is 5.81. The standard InChI is InChI=1S/C24H29NO3/c1-16-20-15-22-21(27-12-5-13-28-22)14-18(20)10-11-25(16)23(26)17-6-8-19(9-7-17)24(2,3)4/h6-9,14-16H,5,10-13H2,1-4H3/t16-/m0/s1. The lowest BCUT2D eigenvalue weighted by Crippen LogP contribution is -2.38. The Labute approximate surface area is 167 Å². The third-order valence-corrected chi connectivity index (χ3v) is 5.81. The number of rotatable bonds is 1. The minimum atomic E-state index is 0.00990. The Morgan fingerprint density at radius 2 is 1.68 bits per heavy atom. The first kappa shape index (κ1) is 18.9. The van der Waals surface area contributed by atoms with E-state index in [0.717, 1.165) is 35.5 Å². The average molecular weight is 380 g/mol. The van der Waals surface area contributed by atoms with E-state index in [2.05, 4.69) is 52.0 Å². The van der Waals surface area contributed by atoms with E-state index in [0.29, 0.717) is 19.8 Å². The normalized spacial score (nSPS) is 19.0. The fourth-order valence-corrected chi connectivity index (χ4v) is 4.03. The molecule has 0 saturated heterocycles. The van der Waals surface area contributed by atoms with Crippen molar-refractivity contribution < 1.29 is 14.3 Å². The summed E-state index contributed by atoms with van der Waals surface area (Å²) in [6.45, 7) is 10.7. The molecule has 0 bridgehead atoms. The van der Waals surface area contributed by atoms with Crippen LogP contribution in [0.1, 0.15) is 67.2 Å². The lowest BCUT2D eigenvalue weighted by Gasteiger charge is -2.36. The molecular formula is C24H29NO3. The minimum Gasteiger partial charge on any atom is -0.490 e. The van der Waals surface area contributed by atoms with Crippen molar-refractivity contribution in [2.75, 3.05) is 19.8 Å². The van der Waals surface area contributed by atoms with Gasteiger partial charge in [0.1, 0.15) is 0 Å². The summed E-state index contributed by atoms with van der Waals surface area (Å²) < 4.78 is 11.7. The molecule has 1 atom stereocenters. The van der Waals surface area contributed by atoms with Crippen molar-refractivity contribution in [2.24, 2.45) is 0 Å². The highest BCUT2D eigenvalue weighted by atomic mass is 16.5. The molecule has 28 heavy (non-hydrogen) atoms. The Kier molecular flexibility index (Phi) is 4.82. The van der Waals surface area contributed by atoms with Gasteiger partial charge in [-0.1, -0.05) is 32.9 Å². The van der Waals surface area contributed by atoms with Crippen LogP contribution in [0.4, 0.5) is 0 Å². The van der Waals surface area contributed by atoms with Gasteiger partial charge >= 0.3 is 0 Å². The lowest BCUT2D eigenvalue weighted by molar-refractivity contribution is 0.0677. The van der Waals surface area contributed by atoms with Gasteiger partial charge in [-0.05, 0) is 59.7 Å². The molecule has 2 aromatic carbocycles. The molecule has 0 aromatic heterocycles. The highest BCUT2D eigenvalue weighted by Gasteiger charge is 2.30. The van der Waals surface area contributed by atoms with E-state index in [1.165, 1.54) is 11.1 Å². The van der Waals surface area contributed by atoms with Gasteiger partial charge in [0, 0.05) is 18.5 Å². The van der Waals surface area contributed by atoms with E-state index in [-0.39, 0.29) is 17.4 Å². The molecule has 0 aliphatic carbocycles. The zero-order valence-electron chi connectivity index (χ0n) is 17.2. The van der Waals surface area contributed by atoms with Gasteiger partial charge in [-0.2, -0.15) is 0 Å². The van der Waals surface area contributed by atoms with Gasteiger partial charge in [-0.15, -0.1) is 0 Å². The number of amides is 1. The predicted molar refractivity (Wildman–Crippen MR) is 110 cm³/mol. The second-order valence-corrected chi connectivity index (χ2v) is 8.80. The van der Waals surface area contributed by atoms with Gasteiger partial charge in [0.15, 0.2) is 11.5 Å². The first-order valence-electron chi connectivity index (χ1n) is 10.2. The summed E-state index contributed by atoms with van der Waals surface area (Å²) >= 11 is 0. The van der Waals surface area contributed by atoms with Crippen LogP contribution in [-0.4, -0.2) is 30.6 Å². The van der Waals surface area contributed by atoms with E-state index in [9.17, 15) is 4.79 Å². The van der Waals surface area contributed by atoms with Crippen LogP contribution in [0.2, 0.25) is 0 Å². The van der Waals surface area contributed by atoms with Crippen molar-refractivity contribution in [3.63, 3.8) is 0 Å². The van der Waals surface area contributed by atoms with Crippen molar-refractivity contribution in [1.82, 2.24) is 4.90 Å². The maximum Gasteiger partial charge on any atom is 0.254 e. The maximum absolute atomic E-state index is 13.2. The Hall–Kier alpha value is -2.49. The van der Waals surface area contributed by atoms with Crippen LogP contribution in [0.3, 0.4) is 0 Å². The fraction of sp³-hybridized carbons (Fsp3) is 0.458. The molecule has 1 amide bonds. The fourth-order valence-electron chi connectivity index (χ4n) is 4.03. The molecule has 4 nitrogen and oxygen atoms in total. The predicted octanol–water partition coefficient (Wildman–Crippen LogP) is 4.90. The zero-order valence-corrected chi connectivity index (χ0v) is 17.2. The third kappa shape index (κ3) is 3.48. The number of hydrogen-bond donors (Lipinski definition) is 0. The van der Waals surface area contributed by atoms with Gasteiger partial charge in [0.2, 0.25) is 0 Å². The Bertz CT molecular complexity index is 880. The molecule has 0 fully saturated rings. The summed E-state index contributed by atoms with van der Waals surface area (Å²) in [5, 5.41) is 0. The second-order valence-electron chi connectivity index (χ2n) is 8.80. The SMILES string of the molecule is C[C@H]1c2cc3c(cc2CCN1C(=O)c1ccc(C(C)(C)C)cc1)OCCCO3. The summed E-state index contributed by atoms with van der Waals surface area (Å²) in [6.07, 6.45) is 1.73. The summed E-state index contributed by atoms with van der Waals surface area (Å²) in [7, 11) is 0. The molecule has 2 aromatic rings. The lowest BCUT2D eigenvalue weighted by atomic mass is 9.86. The van der Waals surface area contributed by atoms with Crippen LogP contribution in [0.15, 0.2) is 36.4 Å². The van der Waals surface area contributed by atoms with Gasteiger partial charge in [0.25, 0.3) is 5.91 Å². The van der Waals surface area contributed by atoms with Crippen molar-refractivity contribution >= 4 is 5.91 Å². The summed E-state index contributed by atoms with van der Waals surface area (Å²) in [6, 6.07) is 12.2. The molecule has 148 valence electrons. The van der Waals surface area contributed by atoms with E-state index < -0.39 is 0 Å². The number of nitrogens with zero attached hydrogens (tertiary/aromatic N) is 1. The molecule has 4 heteroatoms. The number of fused-ring (bicyclic) bond motifs is 2. The van der Waals surface area contributed by atoms with Crippen LogP contribution in [-0.2, 0) is 11.8 Å². The van der Waals surface area contributed by atoms with Gasteiger partial charge in [-0.25, -0.2) is 0 Å². The Morgan fingerprint density at radius 3 is 2.32 bits per heavy atom. The summed E-state index contributed by atoms with van der Waals surface area (Å²) in [5.41, 5.74) is 4.48. The highest BCUT2D eigenvalue weighted by Crippen LogP contribution is 2.39. The van der Waals surface area contributed by atoms with Crippen molar-refractivity contribution in [1.29, 1.82) is 0 Å². The van der Waals surface area contributed by atoms with E-state index in [1.54, 1.807) is 0 Å². The molecule has 4 rings (SSSR count). The van der Waals surface area contributed by atoms with E-state index in [4.69, 9.17) is 9.47 Å². The second kappa shape index (κ2) is 7.16. The van der Waals surface area contributed by atoms with Crippen LogP contribution in [0.25, 0.3) is 0 Å². The molecule has 0 N–H and O–H groups in total. The average Bonchev–Trinajstić information content (AvgIpc) is 2.91. The van der Waals surface area contributed by atoms with Crippen LogP contribution >= 0.6 is 0 Å². The molecular weight excluding hydrogens is 350 g/mol. The number of carbonyl (C=O) groups is 1. The Morgan fingerprint density at radius 1 is 1.04 bits per heavy atom. The first-order valence-corrected chi connectivity index (χ1v) is 10.2.